The number of hydrazine groups is 1. The number of rotatable bonds is 17. The Labute approximate surface area is 373 Å². The molecule has 4 atom stereocenters. The van der Waals surface area contributed by atoms with Gasteiger partial charge in [-0.3, -0.25) is 15.0 Å². The number of ether oxygens (including phenoxy) is 2. The van der Waals surface area contributed by atoms with Crippen molar-refractivity contribution in [2.45, 2.75) is 110 Å². The van der Waals surface area contributed by atoms with E-state index in [1.54, 1.807) is 12.1 Å². The lowest BCUT2D eigenvalue weighted by atomic mass is 9.82. The lowest BCUT2D eigenvalue weighted by molar-refractivity contribution is -0.239. The van der Waals surface area contributed by atoms with E-state index in [4.69, 9.17) is 10.5 Å². The van der Waals surface area contributed by atoms with E-state index in [1.165, 1.54) is 32.9 Å². The number of benzene rings is 2. The third-order valence-corrected chi connectivity index (χ3v) is 10.4. The molecule has 0 saturated carbocycles. The molecule has 0 saturated heterocycles. The summed E-state index contributed by atoms with van der Waals surface area (Å²) in [6.45, 7) is 0.948. The average molecular weight is 1040 g/mol. The number of carbonyl (C=O) groups is 4. The van der Waals surface area contributed by atoms with E-state index in [0.717, 1.165) is 12.3 Å². The minimum absolute atomic E-state index is 0.191. The Hall–Kier alpha value is -4.92. The summed E-state index contributed by atoms with van der Waals surface area (Å²) in [6.07, 6.45) is -18.2. The Balaban J connectivity index is 2.16. The van der Waals surface area contributed by atoms with Gasteiger partial charge < -0.3 is 30.9 Å². The van der Waals surface area contributed by atoms with E-state index in [-0.39, 0.29) is 15.9 Å². The number of nitrogens with zero attached hydrogens (tertiary/aromatic N) is 3. The molecule has 1 heterocycles. The van der Waals surface area contributed by atoms with Crippen LogP contribution in [0.15, 0.2) is 48.7 Å². The quantitative estimate of drug-likeness (QED) is 0.0526. The van der Waals surface area contributed by atoms with Crippen LogP contribution in [-0.2, 0) is 32.0 Å². The summed E-state index contributed by atoms with van der Waals surface area (Å²) in [5.41, 5.74) is -1.83. The smallest absolute Gasteiger partial charge is 0.408 e. The van der Waals surface area contributed by atoms with E-state index >= 15 is 8.78 Å². The van der Waals surface area contributed by atoms with E-state index in [9.17, 15) is 59.4 Å². The first-order chi connectivity index (χ1) is 29.1. The maximum absolute atomic E-state index is 15.8. The molecule has 0 radical (unpaired) electrons. The second-order valence-corrected chi connectivity index (χ2v) is 17.8. The van der Waals surface area contributed by atoms with Crippen LogP contribution in [0.5, 0.6) is 0 Å². The number of alkyl halides is 8. The van der Waals surface area contributed by atoms with Crippen molar-refractivity contribution in [3.8, 4) is 11.3 Å². The number of amides is 4. The summed E-state index contributed by atoms with van der Waals surface area (Å²) in [4.78, 5) is 52.1. The van der Waals surface area contributed by atoms with Crippen LogP contribution in [0.1, 0.15) is 66.1 Å². The summed E-state index contributed by atoms with van der Waals surface area (Å²) in [5.74, 6) is -6.17. The molecule has 64 heavy (non-hydrogen) atoms. The molecule has 25 heteroatoms. The van der Waals surface area contributed by atoms with Crippen LogP contribution >= 0.6 is 22.6 Å². The monoisotopic (exact) mass is 1040 g/mol. The van der Waals surface area contributed by atoms with E-state index in [0.29, 0.717) is 54.0 Å². The van der Waals surface area contributed by atoms with Gasteiger partial charge in [0.25, 0.3) is 5.91 Å². The van der Waals surface area contributed by atoms with Gasteiger partial charge in [0.1, 0.15) is 28.7 Å². The molecule has 0 fully saturated rings. The maximum atomic E-state index is 15.8. The highest BCUT2D eigenvalue weighted by molar-refractivity contribution is 14.1. The third kappa shape index (κ3) is 14.0. The van der Waals surface area contributed by atoms with Crippen molar-refractivity contribution in [1.29, 1.82) is 0 Å². The zero-order valence-corrected chi connectivity index (χ0v) is 37.3. The molecule has 6 N–H and O–H groups in total. The van der Waals surface area contributed by atoms with Crippen LogP contribution in [0.3, 0.4) is 0 Å². The number of nitrogens with one attached hydrogen (secondary N) is 3. The fraction of sp³-hybridized carbons (Fsp3) is 0.513. The van der Waals surface area contributed by atoms with Crippen LogP contribution in [0.25, 0.3) is 11.3 Å². The first kappa shape index (κ1) is 53.4. The molecule has 14 nitrogen and oxygen atoms in total. The minimum Gasteiger partial charge on any atom is -0.444 e. The largest absolute Gasteiger partial charge is 0.444 e. The molecule has 0 aliphatic heterocycles. The number of primary amides is 1. The summed E-state index contributed by atoms with van der Waals surface area (Å²) in [6, 6.07) is 4.33. The van der Waals surface area contributed by atoms with Crippen molar-refractivity contribution in [1.82, 2.24) is 30.8 Å². The third-order valence-electron chi connectivity index (χ3n) is 9.66. The van der Waals surface area contributed by atoms with Crippen LogP contribution in [0, 0.1) is 26.0 Å². The molecule has 2 aromatic carbocycles. The zero-order chi connectivity index (χ0) is 48.9. The lowest BCUT2D eigenvalue weighted by Crippen LogP contribution is -2.63. The SMILES string of the molecule is CC(C)(C)OC(=O)N[C@H](C(=O)N[C@@H](Cc1ccc(I)cc1)[C@@H](O)CN(Cc1c(F)cc(-c2ccn(C(F)F)n2)cc1F)NC(=O)[C@@H](OC(N)=O)C(C)(C)C(F)(F)F)C(C)(C)C(F)(F)F. The predicted octanol–water partition coefficient (Wildman–Crippen LogP) is 7.28. The number of aromatic nitrogens is 2. The Morgan fingerprint density at radius 1 is 0.859 bits per heavy atom. The normalized spacial score (nSPS) is 14.7. The number of hydrogen-bond donors (Lipinski definition) is 5. The predicted molar refractivity (Wildman–Crippen MR) is 215 cm³/mol. The minimum atomic E-state index is -5.27. The molecule has 356 valence electrons. The summed E-state index contributed by atoms with van der Waals surface area (Å²) in [5, 5.41) is 19.9. The van der Waals surface area contributed by atoms with Crippen molar-refractivity contribution in [2.75, 3.05) is 6.54 Å². The van der Waals surface area contributed by atoms with E-state index < -0.39 is 120 Å². The number of aliphatic hydroxyl groups is 1. The summed E-state index contributed by atoms with van der Waals surface area (Å²) >= 11 is 1.95. The topological polar surface area (TPSA) is 190 Å². The van der Waals surface area contributed by atoms with Crippen molar-refractivity contribution in [3.05, 3.63) is 75.0 Å². The molecular formula is C39H46F10IN7O7. The zero-order valence-electron chi connectivity index (χ0n) is 35.1. The van der Waals surface area contributed by atoms with Gasteiger partial charge in [0.05, 0.1) is 23.3 Å². The van der Waals surface area contributed by atoms with Gasteiger partial charge >= 0.3 is 31.1 Å². The van der Waals surface area contributed by atoms with Gasteiger partial charge in [0, 0.05) is 34.0 Å². The van der Waals surface area contributed by atoms with Crippen molar-refractivity contribution in [2.24, 2.45) is 16.6 Å². The van der Waals surface area contributed by atoms with Gasteiger partial charge in [-0.15, -0.1) is 0 Å². The summed E-state index contributed by atoms with van der Waals surface area (Å²) < 4.78 is 154. The van der Waals surface area contributed by atoms with Gasteiger partial charge in [0.2, 0.25) is 5.91 Å². The van der Waals surface area contributed by atoms with Gasteiger partial charge in [-0.2, -0.15) is 40.2 Å². The Morgan fingerprint density at radius 2 is 1.41 bits per heavy atom. The second-order valence-electron chi connectivity index (χ2n) is 16.6. The first-order valence-electron chi connectivity index (χ1n) is 18.8. The van der Waals surface area contributed by atoms with Crippen molar-refractivity contribution < 1.29 is 77.7 Å². The fourth-order valence-corrected chi connectivity index (χ4v) is 6.15. The standard InChI is InChI=1S/C39H46F10IN7O7/c1-35(2,3)64-34(62)53-28(36(4,5)38(44,45)46)30(59)52-26(14-19-8-10-21(50)11-9-19)27(58)18-56(55-31(60)29(63-33(51)61)37(6,7)39(47,48)49)17-22-23(40)15-20(16-24(22)41)25-12-13-57(54-25)32(42)43/h8-13,15-16,26-29,32,58H,14,17-18H2,1-7H3,(H2,51,61)(H,52,59)(H,53,62)(H,55,60)/t26-,27-,28+,29+/m0/s1. The summed E-state index contributed by atoms with van der Waals surface area (Å²) in [7, 11) is 0. The molecule has 0 spiro atoms. The molecule has 0 aliphatic rings. The van der Waals surface area contributed by atoms with Gasteiger partial charge in [-0.05, 0) is 113 Å². The molecular weight excluding hydrogens is 995 g/mol. The maximum Gasteiger partial charge on any atom is 0.408 e. The number of halogens is 11. The van der Waals surface area contributed by atoms with Gasteiger partial charge in [0.15, 0.2) is 6.10 Å². The van der Waals surface area contributed by atoms with Crippen LogP contribution in [-0.4, -0.2) is 92.7 Å². The number of nitrogens with two attached hydrogens (primary N) is 1. The molecule has 3 rings (SSSR count). The van der Waals surface area contributed by atoms with E-state index in [2.05, 4.69) is 15.2 Å². The van der Waals surface area contributed by atoms with Crippen LogP contribution in [0.4, 0.5) is 53.5 Å². The Bertz CT molecular complexity index is 2110. The first-order valence-corrected chi connectivity index (χ1v) is 19.9. The molecule has 4 amide bonds. The molecule has 1 aromatic heterocycles. The van der Waals surface area contributed by atoms with Crippen molar-refractivity contribution >= 4 is 46.6 Å². The second kappa shape index (κ2) is 20.5. The number of aliphatic hydroxyl groups excluding tert-OH is 1. The Morgan fingerprint density at radius 3 is 1.88 bits per heavy atom. The molecule has 0 bridgehead atoms. The average Bonchev–Trinajstić information content (AvgIpc) is 3.64. The van der Waals surface area contributed by atoms with Gasteiger partial charge in [-0.25, -0.2) is 28.1 Å². The van der Waals surface area contributed by atoms with Gasteiger partial charge in [-0.1, -0.05) is 12.1 Å². The number of carbonyl (C=O) groups excluding carboxylic acids is 4. The molecule has 3 aromatic rings. The Kier molecular flexibility index (Phi) is 17.1. The van der Waals surface area contributed by atoms with Crippen LogP contribution < -0.4 is 21.8 Å². The fourth-order valence-electron chi connectivity index (χ4n) is 5.79. The highest BCUT2D eigenvalue weighted by Crippen LogP contribution is 2.42. The molecule has 0 aliphatic carbocycles. The highest BCUT2D eigenvalue weighted by Gasteiger charge is 2.58. The molecule has 0 unspecified atom stereocenters. The van der Waals surface area contributed by atoms with E-state index in [1.807, 2.05) is 33.3 Å². The lowest BCUT2D eigenvalue weighted by Gasteiger charge is -2.38. The number of alkyl carbamates (subject to hydrolysis) is 1. The number of hydrogen-bond acceptors (Lipinski definition) is 9. The van der Waals surface area contributed by atoms with Crippen LogP contribution in [0.2, 0.25) is 0 Å². The van der Waals surface area contributed by atoms with Crippen molar-refractivity contribution in [3.63, 3.8) is 0 Å². The highest BCUT2D eigenvalue weighted by atomic mass is 127.